The van der Waals surface area contributed by atoms with Crippen molar-refractivity contribution in [3.63, 3.8) is 0 Å². The molecule has 0 unspecified atom stereocenters. The van der Waals surface area contributed by atoms with Gasteiger partial charge in [0.25, 0.3) is 0 Å². The summed E-state index contributed by atoms with van der Waals surface area (Å²) in [5, 5.41) is 7.88. The Morgan fingerprint density at radius 2 is 2.00 bits per heavy atom. The van der Waals surface area contributed by atoms with Gasteiger partial charge in [0, 0.05) is 31.8 Å². The van der Waals surface area contributed by atoms with E-state index in [0.29, 0.717) is 6.42 Å². The van der Waals surface area contributed by atoms with Gasteiger partial charge >= 0.3 is 0 Å². The smallest absolute Gasteiger partial charge is 0.222 e. The van der Waals surface area contributed by atoms with Gasteiger partial charge in [-0.15, -0.1) is 5.10 Å². The molecule has 0 fully saturated rings. The number of rotatable bonds is 6. The number of aromatic amines is 1. The highest BCUT2D eigenvalue weighted by Crippen LogP contribution is 2.20. The van der Waals surface area contributed by atoms with Gasteiger partial charge in [-0.1, -0.05) is 41.6 Å². The number of amides is 1. The number of nitrogens with one attached hydrogen (secondary N) is 1. The first-order chi connectivity index (χ1) is 10.1. The van der Waals surface area contributed by atoms with Gasteiger partial charge in [-0.2, -0.15) is 0 Å². The standard InChI is InChI=1S/C15H20N4OS/c1-11-6-8-12(9-7-11)14-16-15(18-17-14)21-10-4-5-13(20)19(2)3/h6-9H,4-5,10H2,1-3H3,(H,16,17,18). The monoisotopic (exact) mass is 304 g/mol. The van der Waals surface area contributed by atoms with Crippen molar-refractivity contribution in [1.82, 2.24) is 20.1 Å². The largest absolute Gasteiger partial charge is 0.349 e. The molecule has 21 heavy (non-hydrogen) atoms. The van der Waals surface area contributed by atoms with Gasteiger partial charge in [-0.3, -0.25) is 9.89 Å². The Balaban J connectivity index is 1.83. The van der Waals surface area contributed by atoms with E-state index in [1.54, 1.807) is 30.8 Å². The molecule has 0 bridgehead atoms. The summed E-state index contributed by atoms with van der Waals surface area (Å²) in [6.45, 7) is 2.06. The van der Waals surface area contributed by atoms with Gasteiger partial charge < -0.3 is 4.90 Å². The Hall–Kier alpha value is -1.82. The Labute approximate surface area is 129 Å². The number of thioether (sulfide) groups is 1. The molecule has 2 rings (SSSR count). The number of hydrogen-bond acceptors (Lipinski definition) is 4. The molecule has 0 aliphatic rings. The second kappa shape index (κ2) is 7.26. The predicted molar refractivity (Wildman–Crippen MR) is 85.2 cm³/mol. The zero-order valence-corrected chi connectivity index (χ0v) is 13.4. The van der Waals surface area contributed by atoms with E-state index < -0.39 is 0 Å². The minimum absolute atomic E-state index is 0.158. The van der Waals surface area contributed by atoms with Crippen LogP contribution in [-0.2, 0) is 4.79 Å². The first-order valence-corrected chi connectivity index (χ1v) is 7.87. The third-order valence-corrected chi connectivity index (χ3v) is 3.99. The fraction of sp³-hybridized carbons (Fsp3) is 0.400. The van der Waals surface area contributed by atoms with Crippen LogP contribution in [0.25, 0.3) is 11.4 Å². The molecular weight excluding hydrogens is 284 g/mol. The van der Waals surface area contributed by atoms with Gasteiger partial charge in [-0.25, -0.2) is 4.98 Å². The highest BCUT2D eigenvalue weighted by molar-refractivity contribution is 7.99. The zero-order valence-electron chi connectivity index (χ0n) is 12.6. The van der Waals surface area contributed by atoms with Crippen molar-refractivity contribution in [2.24, 2.45) is 0 Å². The number of nitrogens with zero attached hydrogens (tertiary/aromatic N) is 3. The van der Waals surface area contributed by atoms with Crippen molar-refractivity contribution >= 4 is 17.7 Å². The topological polar surface area (TPSA) is 61.9 Å². The maximum atomic E-state index is 11.5. The number of aromatic nitrogens is 3. The maximum Gasteiger partial charge on any atom is 0.222 e. The molecule has 0 saturated carbocycles. The Morgan fingerprint density at radius 1 is 1.29 bits per heavy atom. The fourth-order valence-corrected chi connectivity index (χ4v) is 2.50. The van der Waals surface area contributed by atoms with Crippen molar-refractivity contribution < 1.29 is 4.79 Å². The number of H-pyrrole nitrogens is 1. The van der Waals surface area contributed by atoms with E-state index in [-0.39, 0.29) is 5.91 Å². The van der Waals surface area contributed by atoms with E-state index >= 15 is 0 Å². The molecule has 0 radical (unpaired) electrons. The third kappa shape index (κ3) is 4.60. The molecule has 2 aromatic rings. The van der Waals surface area contributed by atoms with Crippen LogP contribution in [0.1, 0.15) is 18.4 Å². The fourth-order valence-electron chi connectivity index (χ4n) is 1.76. The lowest BCUT2D eigenvalue weighted by atomic mass is 10.1. The van der Waals surface area contributed by atoms with Crippen LogP contribution < -0.4 is 0 Å². The molecule has 6 heteroatoms. The van der Waals surface area contributed by atoms with Crippen molar-refractivity contribution in [3.05, 3.63) is 29.8 Å². The number of carbonyl (C=O) groups is 1. The van der Waals surface area contributed by atoms with E-state index in [4.69, 9.17) is 0 Å². The molecule has 1 aromatic heterocycles. The van der Waals surface area contributed by atoms with Crippen LogP contribution in [0.2, 0.25) is 0 Å². The molecular formula is C15H20N4OS. The van der Waals surface area contributed by atoms with Crippen LogP contribution in [0.4, 0.5) is 0 Å². The predicted octanol–water partition coefficient (Wildman–Crippen LogP) is 2.74. The average molecular weight is 304 g/mol. The summed E-state index contributed by atoms with van der Waals surface area (Å²) in [7, 11) is 3.55. The van der Waals surface area contributed by atoms with E-state index in [9.17, 15) is 4.79 Å². The van der Waals surface area contributed by atoms with E-state index in [1.165, 1.54) is 5.56 Å². The third-order valence-electron chi connectivity index (χ3n) is 3.05. The SMILES string of the molecule is Cc1ccc(-c2nc(SCCCC(=O)N(C)C)n[nH]2)cc1. The van der Waals surface area contributed by atoms with Gasteiger partial charge in [0.1, 0.15) is 0 Å². The summed E-state index contributed by atoms with van der Waals surface area (Å²) < 4.78 is 0. The highest BCUT2D eigenvalue weighted by Gasteiger charge is 2.07. The number of benzene rings is 1. The summed E-state index contributed by atoms with van der Waals surface area (Å²) >= 11 is 1.57. The molecule has 0 aliphatic heterocycles. The van der Waals surface area contributed by atoms with Crippen LogP contribution in [0, 0.1) is 6.92 Å². The normalized spacial score (nSPS) is 10.6. The molecule has 5 nitrogen and oxygen atoms in total. The van der Waals surface area contributed by atoms with Crippen molar-refractivity contribution in [1.29, 1.82) is 0 Å². The van der Waals surface area contributed by atoms with Gasteiger partial charge in [0.15, 0.2) is 5.82 Å². The second-order valence-corrected chi connectivity index (χ2v) is 6.13. The number of carbonyl (C=O) groups excluding carboxylic acids is 1. The molecule has 0 aliphatic carbocycles. The molecule has 1 N–H and O–H groups in total. The summed E-state index contributed by atoms with van der Waals surface area (Å²) in [4.78, 5) is 17.5. The van der Waals surface area contributed by atoms with Gasteiger partial charge in [0.2, 0.25) is 11.1 Å². The van der Waals surface area contributed by atoms with E-state index in [0.717, 1.165) is 28.7 Å². The summed E-state index contributed by atoms with van der Waals surface area (Å²) in [6.07, 6.45) is 1.39. The molecule has 1 heterocycles. The maximum absolute atomic E-state index is 11.5. The van der Waals surface area contributed by atoms with Crippen molar-refractivity contribution in [2.45, 2.75) is 24.9 Å². The summed E-state index contributed by atoms with van der Waals surface area (Å²) in [5.41, 5.74) is 2.25. The van der Waals surface area contributed by atoms with Gasteiger partial charge in [0.05, 0.1) is 0 Å². The van der Waals surface area contributed by atoms with Crippen LogP contribution in [0.5, 0.6) is 0 Å². The number of aryl methyl sites for hydroxylation is 1. The van der Waals surface area contributed by atoms with Gasteiger partial charge in [-0.05, 0) is 13.3 Å². The van der Waals surface area contributed by atoms with E-state index in [1.807, 2.05) is 12.1 Å². The quantitative estimate of drug-likeness (QED) is 0.658. The molecule has 1 amide bonds. The van der Waals surface area contributed by atoms with Crippen LogP contribution in [0.3, 0.4) is 0 Å². The summed E-state index contributed by atoms with van der Waals surface area (Å²) in [5.74, 6) is 1.78. The van der Waals surface area contributed by atoms with E-state index in [2.05, 4.69) is 34.2 Å². The average Bonchev–Trinajstić information content (AvgIpc) is 2.93. The Kier molecular flexibility index (Phi) is 5.38. The molecule has 112 valence electrons. The Morgan fingerprint density at radius 3 is 2.67 bits per heavy atom. The van der Waals surface area contributed by atoms with Crippen LogP contribution >= 0.6 is 11.8 Å². The minimum atomic E-state index is 0.158. The summed E-state index contributed by atoms with van der Waals surface area (Å²) in [6, 6.07) is 8.16. The molecule has 0 atom stereocenters. The molecule has 0 saturated heterocycles. The molecule has 0 spiro atoms. The lowest BCUT2D eigenvalue weighted by molar-refractivity contribution is -0.128. The highest BCUT2D eigenvalue weighted by atomic mass is 32.2. The zero-order chi connectivity index (χ0) is 15.2. The van der Waals surface area contributed by atoms with Crippen LogP contribution in [0.15, 0.2) is 29.4 Å². The number of hydrogen-bond donors (Lipinski definition) is 1. The molecule has 1 aromatic carbocycles. The Bertz CT molecular complexity index is 592. The first-order valence-electron chi connectivity index (χ1n) is 6.88. The first kappa shape index (κ1) is 15.6. The van der Waals surface area contributed by atoms with Crippen LogP contribution in [-0.4, -0.2) is 45.8 Å². The minimum Gasteiger partial charge on any atom is -0.349 e. The van der Waals surface area contributed by atoms with Crippen molar-refractivity contribution in [3.8, 4) is 11.4 Å². The lowest BCUT2D eigenvalue weighted by Gasteiger charge is -2.08. The second-order valence-electron chi connectivity index (χ2n) is 5.07. The lowest BCUT2D eigenvalue weighted by Crippen LogP contribution is -2.21. The van der Waals surface area contributed by atoms with Crippen molar-refractivity contribution in [2.75, 3.05) is 19.8 Å².